The van der Waals surface area contributed by atoms with Gasteiger partial charge in [0.1, 0.15) is 5.75 Å². The van der Waals surface area contributed by atoms with Crippen LogP contribution in [0.25, 0.3) is 5.57 Å². The number of nitrogens with zero attached hydrogens (tertiary/aromatic N) is 1. The molecule has 3 N–H and O–H groups in total. The highest BCUT2D eigenvalue weighted by molar-refractivity contribution is 6.31. The quantitative estimate of drug-likeness (QED) is 0.442. The van der Waals surface area contributed by atoms with Crippen LogP contribution in [0.4, 0.5) is 5.69 Å². The topological polar surface area (TPSA) is 50.5 Å². The number of rotatable bonds is 5. The first-order valence-corrected chi connectivity index (χ1v) is 8.65. The summed E-state index contributed by atoms with van der Waals surface area (Å²) in [5.41, 5.74) is 5.81. The fraction of sp³-hybridized carbons (Fsp3) is 0.158. The van der Waals surface area contributed by atoms with Crippen LogP contribution >= 0.6 is 23.2 Å². The zero-order valence-corrected chi connectivity index (χ0v) is 15.1. The Morgan fingerprint density at radius 1 is 1.12 bits per heavy atom. The van der Waals surface area contributed by atoms with Crippen LogP contribution in [0, 0.1) is 0 Å². The number of anilines is 1. The lowest BCUT2D eigenvalue weighted by Crippen LogP contribution is -2.30. The van der Waals surface area contributed by atoms with Crippen molar-refractivity contribution >= 4 is 34.5 Å². The van der Waals surface area contributed by atoms with Crippen molar-refractivity contribution in [1.29, 1.82) is 0 Å². The van der Waals surface area contributed by atoms with Gasteiger partial charge >= 0.3 is 0 Å². The molecule has 0 saturated carbocycles. The molecule has 0 aliphatic carbocycles. The molecule has 0 unspecified atom stereocenters. The molecule has 0 atom stereocenters. The lowest BCUT2D eigenvalue weighted by atomic mass is 9.98. The number of ether oxygens (including phenoxy) is 1. The monoisotopic (exact) mass is 375 g/mol. The molecule has 0 spiro atoms. The van der Waals surface area contributed by atoms with E-state index in [2.05, 4.69) is 23.0 Å². The van der Waals surface area contributed by atoms with Gasteiger partial charge in [-0.1, -0.05) is 29.3 Å². The van der Waals surface area contributed by atoms with Crippen molar-refractivity contribution in [3.63, 3.8) is 0 Å². The van der Waals surface area contributed by atoms with Gasteiger partial charge in [0.2, 0.25) is 0 Å². The summed E-state index contributed by atoms with van der Waals surface area (Å²) >= 11 is 12.0. The predicted octanol–water partition coefficient (Wildman–Crippen LogP) is 4.92. The molecule has 3 rings (SSSR count). The third-order valence-corrected chi connectivity index (χ3v) is 4.58. The molecule has 0 bridgehead atoms. The molecule has 1 aliphatic rings. The predicted molar refractivity (Wildman–Crippen MR) is 105 cm³/mol. The van der Waals surface area contributed by atoms with E-state index >= 15 is 0 Å². The van der Waals surface area contributed by atoms with Gasteiger partial charge in [-0.25, -0.2) is 0 Å². The van der Waals surface area contributed by atoms with Gasteiger partial charge in [0.05, 0.1) is 5.69 Å². The largest absolute Gasteiger partial charge is 0.442 e. The van der Waals surface area contributed by atoms with Crippen LogP contribution in [0.1, 0.15) is 12.0 Å². The van der Waals surface area contributed by atoms with E-state index in [1.54, 1.807) is 12.1 Å². The van der Waals surface area contributed by atoms with E-state index in [0.29, 0.717) is 28.2 Å². The number of hydrogen-bond acceptors (Lipinski definition) is 4. The molecule has 6 heteroatoms. The van der Waals surface area contributed by atoms with Crippen LogP contribution in [-0.2, 0) is 0 Å². The highest BCUT2D eigenvalue weighted by Crippen LogP contribution is 2.31. The second-order valence-corrected chi connectivity index (χ2v) is 6.58. The molecule has 1 heterocycles. The van der Waals surface area contributed by atoms with E-state index in [4.69, 9.17) is 33.8 Å². The maximum absolute atomic E-state index is 6.12. The van der Waals surface area contributed by atoms with Crippen LogP contribution in [0.2, 0.25) is 10.0 Å². The highest BCUT2D eigenvalue weighted by atomic mass is 35.5. The molecule has 130 valence electrons. The minimum Gasteiger partial charge on any atom is -0.442 e. The molecular formula is C19H19Cl2N3O. The summed E-state index contributed by atoms with van der Waals surface area (Å²) in [5.74, 6) is 6.93. The standard InChI is InChI=1S/C19H19Cl2N3O/c1-13(25-17-5-2-15(20)3-6-17)24-10-8-14(9-11-24)18-12-16(21)4-7-19(18)23-22/h2-8,12,23H,1,9-11,22H2. The summed E-state index contributed by atoms with van der Waals surface area (Å²) in [6.07, 6.45) is 2.99. The number of halogens is 2. The molecule has 25 heavy (non-hydrogen) atoms. The van der Waals surface area contributed by atoms with Gasteiger partial charge < -0.3 is 15.1 Å². The van der Waals surface area contributed by atoms with Crippen LogP contribution in [0.15, 0.2) is 61.0 Å². The van der Waals surface area contributed by atoms with Gasteiger partial charge in [-0.2, -0.15) is 0 Å². The van der Waals surface area contributed by atoms with Crippen molar-refractivity contribution in [3.05, 3.63) is 76.6 Å². The molecule has 0 amide bonds. The fourth-order valence-corrected chi connectivity index (χ4v) is 3.05. The molecule has 2 aromatic rings. The SMILES string of the molecule is C=C(Oc1ccc(Cl)cc1)N1CC=C(c2cc(Cl)ccc2NN)CC1. The molecule has 2 aromatic carbocycles. The molecule has 0 saturated heterocycles. The van der Waals surface area contributed by atoms with Gasteiger partial charge in [-0.3, -0.25) is 5.84 Å². The minimum absolute atomic E-state index is 0.612. The van der Waals surface area contributed by atoms with E-state index in [9.17, 15) is 0 Å². The van der Waals surface area contributed by atoms with Crippen LogP contribution in [-0.4, -0.2) is 18.0 Å². The van der Waals surface area contributed by atoms with Gasteiger partial charge in [0, 0.05) is 28.7 Å². The average Bonchev–Trinajstić information content (AvgIpc) is 2.63. The molecular weight excluding hydrogens is 357 g/mol. The Bertz CT molecular complexity index is 803. The first-order valence-electron chi connectivity index (χ1n) is 7.89. The number of hydrogen-bond donors (Lipinski definition) is 2. The van der Waals surface area contributed by atoms with Gasteiger partial charge in [0.15, 0.2) is 5.88 Å². The maximum atomic E-state index is 6.12. The Kier molecular flexibility index (Phi) is 5.53. The number of nitrogens with two attached hydrogens (primary N) is 1. The Labute approximate surface area is 157 Å². The van der Waals surface area contributed by atoms with Crippen LogP contribution in [0.5, 0.6) is 5.75 Å². The number of nitrogen functional groups attached to an aromatic ring is 1. The third kappa shape index (κ3) is 4.28. The summed E-state index contributed by atoms with van der Waals surface area (Å²) in [7, 11) is 0. The zero-order chi connectivity index (χ0) is 17.8. The van der Waals surface area contributed by atoms with Crippen molar-refractivity contribution in [2.75, 3.05) is 18.5 Å². The van der Waals surface area contributed by atoms with Crippen LogP contribution in [0.3, 0.4) is 0 Å². The van der Waals surface area contributed by atoms with Gasteiger partial charge in [-0.15, -0.1) is 0 Å². The Morgan fingerprint density at radius 2 is 1.84 bits per heavy atom. The number of benzene rings is 2. The molecule has 0 aromatic heterocycles. The summed E-state index contributed by atoms with van der Waals surface area (Å²) < 4.78 is 5.80. The van der Waals surface area contributed by atoms with Crippen molar-refractivity contribution in [2.45, 2.75) is 6.42 Å². The Morgan fingerprint density at radius 3 is 2.48 bits per heavy atom. The number of hydrazine groups is 1. The van der Waals surface area contributed by atoms with Crippen molar-refractivity contribution in [1.82, 2.24) is 4.90 Å². The first-order chi connectivity index (χ1) is 12.1. The Balaban J connectivity index is 1.69. The summed E-state index contributed by atoms with van der Waals surface area (Å²) in [5, 5.41) is 1.36. The second-order valence-electron chi connectivity index (χ2n) is 5.71. The van der Waals surface area contributed by atoms with Gasteiger partial charge in [0.25, 0.3) is 0 Å². The molecule has 1 aliphatic heterocycles. The highest BCUT2D eigenvalue weighted by Gasteiger charge is 2.17. The molecule has 4 nitrogen and oxygen atoms in total. The smallest absolute Gasteiger partial charge is 0.189 e. The lowest BCUT2D eigenvalue weighted by molar-refractivity contribution is 0.232. The molecule has 0 fully saturated rings. The van der Waals surface area contributed by atoms with Crippen molar-refractivity contribution in [3.8, 4) is 5.75 Å². The third-order valence-electron chi connectivity index (χ3n) is 4.09. The summed E-state index contributed by atoms with van der Waals surface area (Å²) in [6.45, 7) is 5.54. The van der Waals surface area contributed by atoms with E-state index < -0.39 is 0 Å². The van der Waals surface area contributed by atoms with E-state index in [1.807, 2.05) is 30.3 Å². The maximum Gasteiger partial charge on any atom is 0.189 e. The van der Waals surface area contributed by atoms with E-state index in [0.717, 1.165) is 24.2 Å². The first kappa shape index (κ1) is 17.7. The van der Waals surface area contributed by atoms with Gasteiger partial charge in [-0.05, 0) is 61.0 Å². The lowest BCUT2D eigenvalue weighted by Gasteiger charge is -2.30. The number of nitrogens with one attached hydrogen (secondary N) is 1. The van der Waals surface area contributed by atoms with E-state index in [1.165, 1.54) is 5.57 Å². The minimum atomic E-state index is 0.612. The average molecular weight is 376 g/mol. The zero-order valence-electron chi connectivity index (χ0n) is 13.6. The fourth-order valence-electron chi connectivity index (χ4n) is 2.75. The van der Waals surface area contributed by atoms with E-state index in [-0.39, 0.29) is 0 Å². The van der Waals surface area contributed by atoms with Crippen molar-refractivity contribution in [2.24, 2.45) is 5.84 Å². The van der Waals surface area contributed by atoms with Crippen molar-refractivity contribution < 1.29 is 4.74 Å². The van der Waals surface area contributed by atoms with Crippen LogP contribution < -0.4 is 16.0 Å². The normalized spacial score (nSPS) is 14.0. The summed E-state index contributed by atoms with van der Waals surface area (Å²) in [6, 6.07) is 12.9. The summed E-state index contributed by atoms with van der Waals surface area (Å²) in [4.78, 5) is 2.08. The molecule has 0 radical (unpaired) electrons. The Hall–Kier alpha value is -2.14. The second kappa shape index (κ2) is 7.83.